The predicted octanol–water partition coefficient (Wildman–Crippen LogP) is 3.30. The van der Waals surface area contributed by atoms with E-state index in [1.807, 2.05) is 23.9 Å². The van der Waals surface area contributed by atoms with E-state index in [-0.39, 0.29) is 5.95 Å². The van der Waals surface area contributed by atoms with Crippen LogP contribution in [0.3, 0.4) is 0 Å². The highest BCUT2D eigenvalue weighted by atomic mass is 32.1. The normalized spacial score (nSPS) is 13.8. The highest BCUT2D eigenvalue weighted by Crippen LogP contribution is 2.45. The van der Waals surface area contributed by atoms with Gasteiger partial charge in [-0.25, -0.2) is 15.0 Å². The molecule has 6 rings (SSSR count). The number of aryl methyl sites for hydroxylation is 2. The number of aromatic nitrogens is 8. The second-order valence-corrected chi connectivity index (χ2v) is 9.15. The van der Waals surface area contributed by atoms with Crippen LogP contribution in [-0.2, 0) is 20.0 Å². The van der Waals surface area contributed by atoms with E-state index in [4.69, 9.17) is 16.5 Å². The molecule has 0 amide bonds. The van der Waals surface area contributed by atoms with Gasteiger partial charge in [-0.15, -0.1) is 21.5 Å². The second kappa shape index (κ2) is 7.62. The zero-order chi connectivity index (χ0) is 22.5. The number of anilines is 2. The fourth-order valence-electron chi connectivity index (χ4n) is 4.40. The third kappa shape index (κ3) is 3.23. The highest BCUT2D eigenvalue weighted by Gasteiger charge is 2.24. The topological polar surface area (TPSA) is 139 Å². The van der Waals surface area contributed by atoms with Crippen LogP contribution in [0.2, 0.25) is 0 Å². The summed E-state index contributed by atoms with van der Waals surface area (Å²) in [5, 5.41) is 14.2. The largest absolute Gasteiger partial charge is 0.397 e. The lowest BCUT2D eigenvalue weighted by molar-refractivity contribution is 0.637. The first-order valence-electron chi connectivity index (χ1n) is 10.8. The van der Waals surface area contributed by atoms with E-state index in [2.05, 4.69) is 29.8 Å². The van der Waals surface area contributed by atoms with Crippen molar-refractivity contribution in [3.63, 3.8) is 0 Å². The van der Waals surface area contributed by atoms with Crippen molar-refractivity contribution in [1.82, 2.24) is 39.5 Å². The third-order valence-electron chi connectivity index (χ3n) is 6.08. The van der Waals surface area contributed by atoms with Gasteiger partial charge in [0.15, 0.2) is 5.82 Å². The molecule has 0 unspecified atom stereocenters. The lowest BCUT2D eigenvalue weighted by Crippen LogP contribution is -2.03. The van der Waals surface area contributed by atoms with Crippen LogP contribution >= 0.6 is 11.3 Å². The molecule has 0 saturated carbocycles. The number of hydrogen-bond donors (Lipinski definition) is 2. The monoisotopic (exact) mass is 458 g/mol. The first kappa shape index (κ1) is 19.8. The number of nitrogens with zero attached hydrogens (tertiary/aromatic N) is 8. The Labute approximate surface area is 193 Å². The third-order valence-corrected chi connectivity index (χ3v) is 7.17. The summed E-state index contributed by atoms with van der Waals surface area (Å²) < 4.78 is 4.05. The molecule has 0 saturated heterocycles. The molecule has 0 spiro atoms. The first-order chi connectivity index (χ1) is 16.1. The maximum atomic E-state index is 6.79. The lowest BCUT2D eigenvalue weighted by atomic mass is 10.0. The molecular weight excluding hydrogens is 436 g/mol. The van der Waals surface area contributed by atoms with Crippen LogP contribution in [-0.4, -0.2) is 39.5 Å². The van der Waals surface area contributed by atoms with Crippen molar-refractivity contribution < 1.29 is 0 Å². The van der Waals surface area contributed by atoms with Gasteiger partial charge in [-0.3, -0.25) is 4.68 Å². The van der Waals surface area contributed by atoms with Crippen molar-refractivity contribution in [3.8, 4) is 33.2 Å². The summed E-state index contributed by atoms with van der Waals surface area (Å²) in [4.78, 5) is 14.9. The number of nitrogens with two attached hydrogens (primary N) is 2. The second-order valence-electron chi connectivity index (χ2n) is 8.15. The fourth-order valence-corrected chi connectivity index (χ4v) is 5.51. The molecule has 166 valence electrons. The maximum absolute atomic E-state index is 6.79. The standard InChI is InChI=1S/C22H22N10S/c1-31-15(6-7-27-31)13-9-14(12-10-25-22(24)26-11-12)28-21-17(13)18(23)19(33-21)20-30-29-16-5-3-2-4-8-32(16)20/h6-7,9-11H,2-5,8,23H2,1H3,(H2,24,25,26). The van der Waals surface area contributed by atoms with E-state index in [1.54, 1.807) is 18.6 Å². The van der Waals surface area contributed by atoms with Gasteiger partial charge in [0.2, 0.25) is 5.95 Å². The first-order valence-corrected chi connectivity index (χ1v) is 11.6. The van der Waals surface area contributed by atoms with Crippen molar-refractivity contribution in [2.75, 3.05) is 11.5 Å². The van der Waals surface area contributed by atoms with Crippen molar-refractivity contribution in [2.45, 2.75) is 32.2 Å². The van der Waals surface area contributed by atoms with Crippen LogP contribution in [0.4, 0.5) is 11.6 Å². The molecule has 0 fully saturated rings. The van der Waals surface area contributed by atoms with Gasteiger partial charge >= 0.3 is 0 Å². The summed E-state index contributed by atoms with van der Waals surface area (Å²) in [6.07, 6.45) is 9.53. The molecule has 0 bridgehead atoms. The molecule has 4 N–H and O–H groups in total. The van der Waals surface area contributed by atoms with E-state index in [0.717, 1.165) is 75.1 Å². The summed E-state index contributed by atoms with van der Waals surface area (Å²) in [5.74, 6) is 2.07. The van der Waals surface area contributed by atoms with Crippen LogP contribution in [0.25, 0.3) is 43.4 Å². The minimum Gasteiger partial charge on any atom is -0.397 e. The molecular formula is C22H22N10S. The molecule has 0 atom stereocenters. The molecule has 33 heavy (non-hydrogen) atoms. The minimum absolute atomic E-state index is 0.224. The zero-order valence-electron chi connectivity index (χ0n) is 18.1. The molecule has 1 aliphatic rings. The Balaban J connectivity index is 1.61. The van der Waals surface area contributed by atoms with Gasteiger partial charge in [-0.1, -0.05) is 6.42 Å². The van der Waals surface area contributed by atoms with Crippen LogP contribution in [0.1, 0.15) is 25.1 Å². The zero-order valence-corrected chi connectivity index (χ0v) is 18.9. The molecule has 1 aliphatic heterocycles. The predicted molar refractivity (Wildman–Crippen MR) is 128 cm³/mol. The number of hydrogen-bond acceptors (Lipinski definition) is 9. The average Bonchev–Trinajstić information content (AvgIpc) is 3.46. The van der Waals surface area contributed by atoms with Gasteiger partial charge in [0.1, 0.15) is 10.7 Å². The SMILES string of the molecule is Cn1nccc1-c1cc(-c2cnc(N)nc2)nc2sc(-c3nnc4n3CCCCC4)c(N)c12. The average molecular weight is 459 g/mol. The quantitative estimate of drug-likeness (QED) is 0.420. The molecule has 0 radical (unpaired) electrons. The Kier molecular flexibility index (Phi) is 4.57. The lowest BCUT2D eigenvalue weighted by Gasteiger charge is -2.09. The minimum atomic E-state index is 0.224. The van der Waals surface area contributed by atoms with Gasteiger partial charge < -0.3 is 16.0 Å². The summed E-state index contributed by atoms with van der Waals surface area (Å²) in [6, 6.07) is 3.98. The molecule has 5 aromatic rings. The van der Waals surface area contributed by atoms with Crippen LogP contribution in [0.15, 0.2) is 30.7 Å². The van der Waals surface area contributed by atoms with E-state index in [0.29, 0.717) is 5.69 Å². The van der Waals surface area contributed by atoms with Crippen molar-refractivity contribution in [2.24, 2.45) is 7.05 Å². The van der Waals surface area contributed by atoms with Gasteiger partial charge in [-0.2, -0.15) is 5.10 Å². The molecule has 5 aromatic heterocycles. The smallest absolute Gasteiger partial charge is 0.219 e. The summed E-state index contributed by atoms with van der Waals surface area (Å²) >= 11 is 1.54. The number of fused-ring (bicyclic) bond motifs is 2. The van der Waals surface area contributed by atoms with Crippen LogP contribution < -0.4 is 11.5 Å². The Morgan fingerprint density at radius 3 is 2.70 bits per heavy atom. The summed E-state index contributed by atoms with van der Waals surface area (Å²) in [6.45, 7) is 0.904. The Morgan fingerprint density at radius 1 is 1.06 bits per heavy atom. The number of rotatable bonds is 3. The van der Waals surface area contributed by atoms with Gasteiger partial charge in [-0.05, 0) is 25.0 Å². The van der Waals surface area contributed by atoms with Crippen molar-refractivity contribution in [3.05, 3.63) is 36.5 Å². The number of thiophene rings is 1. The summed E-state index contributed by atoms with van der Waals surface area (Å²) in [7, 11) is 1.91. The number of pyridine rings is 1. The van der Waals surface area contributed by atoms with Gasteiger partial charge in [0.05, 0.1) is 22.0 Å². The Bertz CT molecular complexity index is 1480. The van der Waals surface area contributed by atoms with Crippen molar-refractivity contribution in [1.29, 1.82) is 0 Å². The molecule has 0 aromatic carbocycles. The molecule has 6 heterocycles. The molecule has 0 aliphatic carbocycles. The van der Waals surface area contributed by atoms with E-state index >= 15 is 0 Å². The highest BCUT2D eigenvalue weighted by molar-refractivity contribution is 7.22. The fraction of sp³-hybridized carbons (Fsp3) is 0.273. The Morgan fingerprint density at radius 2 is 1.91 bits per heavy atom. The molecule has 11 heteroatoms. The van der Waals surface area contributed by atoms with Gasteiger partial charge in [0.25, 0.3) is 0 Å². The maximum Gasteiger partial charge on any atom is 0.219 e. The Hall–Kier alpha value is -3.86. The van der Waals surface area contributed by atoms with Crippen LogP contribution in [0, 0.1) is 0 Å². The van der Waals surface area contributed by atoms with Gasteiger partial charge in [0, 0.05) is 55.1 Å². The van der Waals surface area contributed by atoms with E-state index in [9.17, 15) is 0 Å². The van der Waals surface area contributed by atoms with E-state index in [1.165, 1.54) is 17.8 Å². The number of nitrogen functional groups attached to an aromatic ring is 2. The van der Waals surface area contributed by atoms with Crippen molar-refractivity contribution >= 4 is 33.2 Å². The summed E-state index contributed by atoms with van der Waals surface area (Å²) in [5.41, 5.74) is 16.5. The molecule has 10 nitrogen and oxygen atoms in total. The van der Waals surface area contributed by atoms with Crippen LogP contribution in [0.5, 0.6) is 0 Å². The van der Waals surface area contributed by atoms with E-state index < -0.39 is 0 Å².